The highest BCUT2D eigenvalue weighted by atomic mass is 79.9. The number of fused-ring (bicyclic) bond motifs is 3. The average Bonchev–Trinajstić information content (AvgIpc) is 3.11. The number of aromatic amines is 1. The quantitative estimate of drug-likeness (QED) is 0.651. The van der Waals surface area contributed by atoms with Crippen LogP contribution in [0.1, 0.15) is 12.8 Å². The summed E-state index contributed by atoms with van der Waals surface area (Å²) in [6, 6.07) is 6.08. The summed E-state index contributed by atoms with van der Waals surface area (Å²) < 4.78 is 6.29. The van der Waals surface area contributed by atoms with E-state index in [1.807, 2.05) is 18.2 Å². The van der Waals surface area contributed by atoms with Gasteiger partial charge in [-0.3, -0.25) is 0 Å². The van der Waals surface area contributed by atoms with Gasteiger partial charge >= 0.3 is 0 Å². The Labute approximate surface area is 141 Å². The molecule has 1 aromatic carbocycles. The fraction of sp³-hybridized carbons (Fsp3) is 0.375. The van der Waals surface area contributed by atoms with Gasteiger partial charge in [0, 0.05) is 34.9 Å². The molecule has 0 bridgehead atoms. The Morgan fingerprint density at radius 1 is 1.39 bits per heavy atom. The third kappa shape index (κ3) is 2.80. The zero-order valence-electron chi connectivity index (χ0n) is 12.5. The van der Waals surface area contributed by atoms with E-state index >= 15 is 0 Å². The van der Waals surface area contributed by atoms with Crippen LogP contribution in [-0.2, 0) is 4.74 Å². The first kappa shape index (κ1) is 14.9. The van der Waals surface area contributed by atoms with Crippen molar-refractivity contribution in [2.75, 3.05) is 25.1 Å². The first-order chi connectivity index (χ1) is 11.1. The number of nitrogens with zero attached hydrogens (tertiary/aromatic N) is 2. The molecule has 3 heterocycles. The maximum absolute atomic E-state index is 10.3. The fourth-order valence-electron chi connectivity index (χ4n) is 3.04. The smallest absolute Gasteiger partial charge is 0.143 e. The molecule has 1 fully saturated rings. The molecule has 23 heavy (non-hydrogen) atoms. The number of H-pyrrole nitrogens is 1. The van der Waals surface area contributed by atoms with Crippen LogP contribution in [0.15, 0.2) is 29.0 Å². The summed E-state index contributed by atoms with van der Waals surface area (Å²) in [4.78, 5) is 12.0. The van der Waals surface area contributed by atoms with E-state index in [2.05, 4.69) is 36.2 Å². The number of benzene rings is 1. The van der Waals surface area contributed by atoms with Gasteiger partial charge in [0.1, 0.15) is 17.8 Å². The number of nitrogens with one attached hydrogen (secondary N) is 2. The number of hydrogen-bond acceptors (Lipinski definition) is 5. The normalized spacial score (nSPS) is 21.3. The van der Waals surface area contributed by atoms with Gasteiger partial charge in [-0.05, 0) is 18.6 Å². The average molecular weight is 377 g/mol. The first-order valence-electron chi connectivity index (χ1n) is 7.61. The van der Waals surface area contributed by atoms with Crippen molar-refractivity contribution in [2.24, 2.45) is 0 Å². The summed E-state index contributed by atoms with van der Waals surface area (Å²) in [5, 5.41) is 15.7. The standard InChI is InChI=1S/C16H17BrN4O2/c17-10-1-2-11-12(7-10)21-15-13(11)14(19-9-20-15)18-5-3-16(22)4-6-23-8-16/h1-2,7,9,22H,3-6,8H2,(H2,18,19,20,21). The highest BCUT2D eigenvalue weighted by Crippen LogP contribution is 2.31. The molecule has 0 spiro atoms. The number of rotatable bonds is 4. The second-order valence-corrected chi connectivity index (χ2v) is 6.88. The third-order valence-electron chi connectivity index (χ3n) is 4.32. The summed E-state index contributed by atoms with van der Waals surface area (Å²) in [7, 11) is 0. The predicted molar refractivity (Wildman–Crippen MR) is 92.6 cm³/mol. The van der Waals surface area contributed by atoms with Crippen LogP contribution in [0.3, 0.4) is 0 Å². The molecule has 3 aromatic rings. The third-order valence-corrected chi connectivity index (χ3v) is 4.81. The lowest BCUT2D eigenvalue weighted by molar-refractivity contribution is 0.0223. The molecule has 1 atom stereocenters. The predicted octanol–water partition coefficient (Wildman–Crippen LogP) is 2.83. The van der Waals surface area contributed by atoms with Crippen molar-refractivity contribution in [1.29, 1.82) is 0 Å². The molecule has 0 saturated carbocycles. The van der Waals surface area contributed by atoms with Crippen LogP contribution in [0, 0.1) is 0 Å². The van der Waals surface area contributed by atoms with Gasteiger partial charge in [0.15, 0.2) is 0 Å². The Kier molecular flexibility index (Phi) is 3.71. The summed E-state index contributed by atoms with van der Waals surface area (Å²) in [6.45, 7) is 1.68. The Balaban J connectivity index is 1.63. The van der Waals surface area contributed by atoms with E-state index in [0.29, 0.717) is 32.6 Å². The van der Waals surface area contributed by atoms with E-state index in [1.54, 1.807) is 6.33 Å². The van der Waals surface area contributed by atoms with Crippen LogP contribution < -0.4 is 5.32 Å². The molecule has 0 amide bonds. The highest BCUT2D eigenvalue weighted by molar-refractivity contribution is 9.10. The lowest BCUT2D eigenvalue weighted by Gasteiger charge is -2.20. The Morgan fingerprint density at radius 3 is 3.13 bits per heavy atom. The largest absolute Gasteiger partial charge is 0.387 e. The molecule has 1 aliphatic heterocycles. The lowest BCUT2D eigenvalue weighted by Crippen LogP contribution is -2.31. The fourth-order valence-corrected chi connectivity index (χ4v) is 3.40. The summed E-state index contributed by atoms with van der Waals surface area (Å²) >= 11 is 3.48. The van der Waals surface area contributed by atoms with Gasteiger partial charge in [-0.2, -0.15) is 0 Å². The topological polar surface area (TPSA) is 83.1 Å². The van der Waals surface area contributed by atoms with E-state index in [0.717, 1.165) is 32.2 Å². The van der Waals surface area contributed by atoms with Crippen molar-refractivity contribution in [2.45, 2.75) is 18.4 Å². The minimum Gasteiger partial charge on any atom is -0.387 e. The van der Waals surface area contributed by atoms with E-state index in [-0.39, 0.29) is 0 Å². The minimum atomic E-state index is -0.718. The lowest BCUT2D eigenvalue weighted by atomic mass is 9.99. The number of ether oxygens (including phenoxy) is 1. The SMILES string of the molecule is OC1(CCNc2ncnc3[nH]c4cc(Br)ccc4c23)CCOC1. The molecule has 1 aliphatic rings. The Bertz CT molecular complexity index is 858. The van der Waals surface area contributed by atoms with Crippen LogP contribution in [0.25, 0.3) is 21.9 Å². The molecule has 0 radical (unpaired) electrons. The molecule has 120 valence electrons. The molecule has 1 saturated heterocycles. The minimum absolute atomic E-state index is 0.412. The maximum atomic E-state index is 10.3. The van der Waals surface area contributed by atoms with Gasteiger partial charge in [-0.15, -0.1) is 0 Å². The second-order valence-electron chi connectivity index (χ2n) is 5.96. The molecule has 0 aliphatic carbocycles. The van der Waals surface area contributed by atoms with Gasteiger partial charge < -0.3 is 20.1 Å². The van der Waals surface area contributed by atoms with Crippen molar-refractivity contribution in [3.63, 3.8) is 0 Å². The van der Waals surface area contributed by atoms with Gasteiger partial charge in [0.2, 0.25) is 0 Å². The van der Waals surface area contributed by atoms with Gasteiger partial charge in [0.05, 0.1) is 17.6 Å². The van der Waals surface area contributed by atoms with Crippen LogP contribution in [-0.4, -0.2) is 45.4 Å². The van der Waals surface area contributed by atoms with E-state index < -0.39 is 5.60 Å². The number of aliphatic hydroxyl groups is 1. The van der Waals surface area contributed by atoms with Crippen molar-refractivity contribution in [1.82, 2.24) is 15.0 Å². The summed E-state index contributed by atoms with van der Waals surface area (Å²) in [5.41, 5.74) is 1.10. The van der Waals surface area contributed by atoms with Gasteiger partial charge in [-0.1, -0.05) is 22.0 Å². The molecular formula is C16H17BrN4O2. The van der Waals surface area contributed by atoms with E-state index in [1.165, 1.54) is 0 Å². The molecule has 6 nitrogen and oxygen atoms in total. The van der Waals surface area contributed by atoms with Crippen molar-refractivity contribution in [3.05, 3.63) is 29.0 Å². The molecule has 2 aromatic heterocycles. The van der Waals surface area contributed by atoms with E-state index in [9.17, 15) is 5.11 Å². The first-order valence-corrected chi connectivity index (χ1v) is 8.40. The molecular weight excluding hydrogens is 360 g/mol. The molecule has 4 rings (SSSR count). The zero-order chi connectivity index (χ0) is 15.9. The zero-order valence-corrected chi connectivity index (χ0v) is 14.1. The summed E-state index contributed by atoms with van der Waals surface area (Å²) in [6.07, 6.45) is 2.86. The molecule has 3 N–H and O–H groups in total. The molecule has 1 unspecified atom stereocenters. The monoisotopic (exact) mass is 376 g/mol. The molecule has 7 heteroatoms. The van der Waals surface area contributed by atoms with Gasteiger partial charge in [-0.25, -0.2) is 9.97 Å². The van der Waals surface area contributed by atoms with Crippen molar-refractivity contribution in [3.8, 4) is 0 Å². The number of aromatic nitrogens is 3. The summed E-state index contributed by atoms with van der Waals surface area (Å²) in [5.74, 6) is 0.783. The number of hydrogen-bond donors (Lipinski definition) is 3. The van der Waals surface area contributed by atoms with Crippen molar-refractivity contribution >= 4 is 43.7 Å². The Hall–Kier alpha value is -1.70. The Morgan fingerprint density at radius 2 is 2.30 bits per heavy atom. The van der Waals surface area contributed by atoms with E-state index in [4.69, 9.17) is 4.74 Å². The number of halogens is 1. The second kappa shape index (κ2) is 5.74. The van der Waals surface area contributed by atoms with Crippen LogP contribution >= 0.6 is 15.9 Å². The van der Waals surface area contributed by atoms with Crippen molar-refractivity contribution < 1.29 is 9.84 Å². The van der Waals surface area contributed by atoms with Crippen LogP contribution in [0.5, 0.6) is 0 Å². The maximum Gasteiger partial charge on any atom is 0.143 e. The highest BCUT2D eigenvalue weighted by Gasteiger charge is 2.31. The van der Waals surface area contributed by atoms with Crippen LogP contribution in [0.4, 0.5) is 5.82 Å². The number of anilines is 1. The van der Waals surface area contributed by atoms with Gasteiger partial charge in [0.25, 0.3) is 0 Å². The van der Waals surface area contributed by atoms with Crippen LogP contribution in [0.2, 0.25) is 0 Å².